The molecule has 62 valence electrons. The van der Waals surface area contributed by atoms with Crippen LogP contribution in [0.15, 0.2) is 24.3 Å². The Labute approximate surface area is 73.5 Å². The van der Waals surface area contributed by atoms with Crippen molar-refractivity contribution in [3.8, 4) is 0 Å². The number of rotatable bonds is 3. The van der Waals surface area contributed by atoms with Crippen LogP contribution >= 0.6 is 0 Å². The Kier molecular flexibility index (Phi) is 2.88. The third kappa shape index (κ3) is 2.10. The molecule has 0 spiro atoms. The van der Waals surface area contributed by atoms with Crippen molar-refractivity contribution in [2.75, 3.05) is 0 Å². The second-order valence-electron chi connectivity index (χ2n) is 2.26. The van der Waals surface area contributed by atoms with Gasteiger partial charge in [-0.2, -0.15) is 0 Å². The van der Waals surface area contributed by atoms with E-state index in [1.165, 1.54) is 12.1 Å². The van der Waals surface area contributed by atoms with E-state index in [1.807, 2.05) is 0 Å². The molecule has 0 amide bonds. The maximum atomic E-state index is 10.4. The van der Waals surface area contributed by atoms with Gasteiger partial charge in [-0.15, -0.1) is 0 Å². The highest BCUT2D eigenvalue weighted by Gasteiger charge is 2.04. The quantitative estimate of drug-likeness (QED) is 0.719. The molecule has 0 atom stereocenters. The molecule has 0 fully saturated rings. The van der Waals surface area contributed by atoms with E-state index in [-0.39, 0.29) is 5.56 Å². The molecule has 1 rings (SSSR count). The second-order valence-corrected chi connectivity index (χ2v) is 2.79. The third-order valence-electron chi connectivity index (χ3n) is 1.43. The van der Waals surface area contributed by atoms with Crippen LogP contribution in [0.1, 0.15) is 15.9 Å². The minimum Gasteiger partial charge on any atom is -0.478 e. The molecule has 1 aromatic rings. The fourth-order valence-electron chi connectivity index (χ4n) is 0.812. The van der Waals surface area contributed by atoms with E-state index >= 15 is 0 Å². The van der Waals surface area contributed by atoms with E-state index in [4.69, 9.17) is 5.11 Å². The summed E-state index contributed by atoms with van der Waals surface area (Å²) in [7, 11) is 0. The normalized spacial score (nSPS) is 9.33. The third-order valence-corrected chi connectivity index (χ3v) is 1.88. The van der Waals surface area contributed by atoms with Crippen molar-refractivity contribution >= 4 is 17.6 Å². The topological polar surface area (TPSA) is 54.4 Å². The summed E-state index contributed by atoms with van der Waals surface area (Å²) >= 11 is 0.472. The summed E-state index contributed by atoms with van der Waals surface area (Å²) < 4.78 is 10.1. The molecule has 0 saturated heterocycles. The zero-order valence-electron chi connectivity index (χ0n) is 6.19. The lowest BCUT2D eigenvalue weighted by atomic mass is 10.1. The molecule has 0 aliphatic carbocycles. The highest BCUT2D eigenvalue weighted by Crippen LogP contribution is 2.04. The van der Waals surface area contributed by atoms with Gasteiger partial charge in [0.2, 0.25) is 0 Å². The fourth-order valence-corrected chi connectivity index (χ4v) is 1.14. The summed E-state index contributed by atoms with van der Waals surface area (Å²) in [6.07, 6.45) is 0. The van der Waals surface area contributed by atoms with Gasteiger partial charge in [0.15, 0.2) is 0 Å². The monoisotopic (exact) mass is 183 g/mol. The molecule has 0 bridgehead atoms. The van der Waals surface area contributed by atoms with Crippen molar-refractivity contribution < 1.29 is 14.1 Å². The summed E-state index contributed by atoms with van der Waals surface area (Å²) in [5.41, 5.74) is 1.09. The summed E-state index contributed by atoms with van der Waals surface area (Å²) in [5, 5.41) is 8.54. The van der Waals surface area contributed by atoms with E-state index in [0.717, 1.165) is 5.56 Å². The molecule has 0 heterocycles. The van der Waals surface area contributed by atoms with Gasteiger partial charge >= 0.3 is 17.6 Å². The van der Waals surface area contributed by atoms with Crippen LogP contribution in [0.3, 0.4) is 0 Å². The van der Waals surface area contributed by atoms with Gasteiger partial charge in [-0.05, 0) is 12.1 Å². The Balaban J connectivity index is 2.85. The van der Waals surface area contributed by atoms with Gasteiger partial charge in [0.25, 0.3) is 5.75 Å². The van der Waals surface area contributed by atoms with Crippen molar-refractivity contribution in [3.05, 3.63) is 35.4 Å². The van der Waals surface area contributed by atoms with Crippen molar-refractivity contribution in [1.29, 1.82) is 0 Å². The van der Waals surface area contributed by atoms with E-state index in [1.54, 1.807) is 12.1 Å². The van der Waals surface area contributed by atoms with Crippen molar-refractivity contribution in [3.63, 3.8) is 0 Å². The van der Waals surface area contributed by atoms with Crippen LogP contribution in [0.4, 0.5) is 0 Å². The maximum absolute atomic E-state index is 10.4. The van der Waals surface area contributed by atoms with E-state index in [2.05, 4.69) is 0 Å². The largest absolute Gasteiger partial charge is 0.478 e. The number of hydrogen-bond acceptors (Lipinski definition) is 2. The van der Waals surface area contributed by atoms with Gasteiger partial charge in [-0.3, -0.25) is 0 Å². The van der Waals surface area contributed by atoms with Gasteiger partial charge in [0.05, 0.1) is 5.56 Å². The minimum absolute atomic E-state index is 0.245. The Morgan fingerprint density at radius 3 is 2.33 bits per heavy atom. The Morgan fingerprint density at radius 1 is 1.33 bits per heavy atom. The molecule has 3 nitrogen and oxygen atoms in total. The SMILES string of the molecule is O=[S+]Cc1ccc(C(=O)O)cc1. The lowest BCUT2D eigenvalue weighted by Crippen LogP contribution is -1.95. The van der Waals surface area contributed by atoms with Gasteiger partial charge in [0.1, 0.15) is 0 Å². The highest BCUT2D eigenvalue weighted by molar-refractivity contribution is 7.64. The predicted octanol–water partition coefficient (Wildman–Crippen LogP) is 1.31. The molecule has 1 aromatic carbocycles. The average Bonchev–Trinajstić information content (AvgIpc) is 2.06. The standard InChI is InChI=1S/C8H6O3S/c9-8(10)7-3-1-6(2-4-7)5-12-11/h1-4H,5H2/p+1. The number of aromatic carboxylic acids is 1. The molecule has 0 saturated carbocycles. The predicted molar refractivity (Wildman–Crippen MR) is 45.2 cm³/mol. The van der Waals surface area contributed by atoms with Gasteiger partial charge < -0.3 is 5.11 Å². The Hall–Kier alpha value is -1.29. The van der Waals surface area contributed by atoms with Gasteiger partial charge in [-0.1, -0.05) is 12.1 Å². The first-order valence-corrected chi connectivity index (χ1v) is 4.22. The van der Waals surface area contributed by atoms with Crippen LogP contribution in [0.25, 0.3) is 0 Å². The van der Waals surface area contributed by atoms with Crippen molar-refractivity contribution in [1.82, 2.24) is 0 Å². The van der Waals surface area contributed by atoms with Crippen LogP contribution in [0.2, 0.25) is 0 Å². The molecule has 0 aromatic heterocycles. The molecule has 0 aliphatic heterocycles. The van der Waals surface area contributed by atoms with E-state index < -0.39 is 5.97 Å². The summed E-state index contributed by atoms with van der Waals surface area (Å²) in [5.74, 6) is -0.573. The minimum atomic E-state index is -0.948. The van der Waals surface area contributed by atoms with Gasteiger partial charge in [-0.25, -0.2) is 4.79 Å². The zero-order valence-corrected chi connectivity index (χ0v) is 7.00. The van der Waals surface area contributed by atoms with Crippen LogP contribution in [0, 0.1) is 0 Å². The maximum Gasteiger partial charge on any atom is 0.463 e. The number of carboxylic acids is 1. The first-order valence-electron chi connectivity index (χ1n) is 3.31. The van der Waals surface area contributed by atoms with Crippen LogP contribution in [0.5, 0.6) is 0 Å². The number of carboxylic acid groups (broad SMARTS) is 1. The summed E-state index contributed by atoms with van der Waals surface area (Å²) in [4.78, 5) is 10.4. The fraction of sp³-hybridized carbons (Fsp3) is 0.125. The molecular weight excluding hydrogens is 176 g/mol. The molecule has 0 aliphatic rings. The number of hydrogen-bond donors (Lipinski definition) is 1. The first kappa shape index (κ1) is 8.80. The summed E-state index contributed by atoms with van der Waals surface area (Å²) in [6.45, 7) is 0. The Bertz CT molecular complexity index is 292. The summed E-state index contributed by atoms with van der Waals surface area (Å²) in [6, 6.07) is 6.28. The average molecular weight is 183 g/mol. The molecule has 12 heavy (non-hydrogen) atoms. The molecule has 4 heteroatoms. The van der Waals surface area contributed by atoms with E-state index in [0.29, 0.717) is 17.4 Å². The molecule has 0 unspecified atom stereocenters. The Morgan fingerprint density at radius 2 is 1.92 bits per heavy atom. The molecule has 0 radical (unpaired) electrons. The highest BCUT2D eigenvalue weighted by atomic mass is 32.1. The molecule has 1 N–H and O–H groups in total. The number of carbonyl (C=O) groups is 1. The second kappa shape index (κ2) is 3.92. The van der Waals surface area contributed by atoms with Crippen molar-refractivity contribution in [2.45, 2.75) is 5.75 Å². The lowest BCUT2D eigenvalue weighted by molar-refractivity contribution is 0.0697. The van der Waals surface area contributed by atoms with Crippen LogP contribution in [-0.2, 0) is 21.6 Å². The van der Waals surface area contributed by atoms with E-state index in [9.17, 15) is 9.00 Å². The molecular formula is C8H7O3S+. The zero-order chi connectivity index (χ0) is 8.97. The van der Waals surface area contributed by atoms with Crippen LogP contribution < -0.4 is 0 Å². The first-order chi connectivity index (χ1) is 5.74. The smallest absolute Gasteiger partial charge is 0.463 e. The van der Waals surface area contributed by atoms with Crippen LogP contribution in [-0.4, -0.2) is 11.1 Å². The van der Waals surface area contributed by atoms with Gasteiger partial charge in [0, 0.05) is 9.77 Å². The van der Waals surface area contributed by atoms with Crippen molar-refractivity contribution in [2.24, 2.45) is 0 Å². The number of benzene rings is 1. The lowest BCUT2D eigenvalue weighted by Gasteiger charge is -1.92.